The van der Waals surface area contributed by atoms with E-state index in [1.165, 1.54) is 17.0 Å². The van der Waals surface area contributed by atoms with Crippen molar-refractivity contribution in [1.29, 1.82) is 0 Å². The fourth-order valence-corrected chi connectivity index (χ4v) is 2.43. The van der Waals surface area contributed by atoms with Crippen molar-refractivity contribution in [3.8, 4) is 0 Å². The molecule has 2 heterocycles. The number of thiazole rings is 1. The van der Waals surface area contributed by atoms with E-state index in [4.69, 9.17) is 9.52 Å². The number of carboxylic acid groups (broad SMARTS) is 1. The van der Waals surface area contributed by atoms with Crippen molar-refractivity contribution in [2.45, 2.75) is 19.8 Å². The second kappa shape index (κ2) is 6.33. The number of aryl methyl sites for hydroxylation is 1. The molecule has 0 aromatic carbocycles. The molecule has 0 atom stereocenters. The second-order valence-corrected chi connectivity index (χ2v) is 5.25. The van der Waals surface area contributed by atoms with E-state index in [0.717, 1.165) is 11.4 Å². The number of carbonyl (C=O) groups excluding carboxylic acids is 1. The third-order valence-electron chi connectivity index (χ3n) is 2.61. The molecular weight excluding hydrogens is 280 g/mol. The van der Waals surface area contributed by atoms with E-state index in [0.29, 0.717) is 13.0 Å². The first kappa shape index (κ1) is 14.3. The van der Waals surface area contributed by atoms with Gasteiger partial charge in [0.1, 0.15) is 0 Å². The van der Waals surface area contributed by atoms with Crippen LogP contribution in [0.3, 0.4) is 0 Å². The van der Waals surface area contributed by atoms with Crippen LogP contribution in [0.1, 0.15) is 37.9 Å². The maximum absolute atomic E-state index is 11.7. The molecule has 0 bridgehead atoms. The first-order valence-electron chi connectivity index (χ1n) is 6.15. The van der Waals surface area contributed by atoms with Gasteiger partial charge in [-0.2, -0.15) is 0 Å². The summed E-state index contributed by atoms with van der Waals surface area (Å²) in [5.41, 5.74) is 0. The van der Waals surface area contributed by atoms with E-state index in [-0.39, 0.29) is 11.5 Å². The lowest BCUT2D eigenvalue weighted by Gasteiger charge is -2.00. The van der Waals surface area contributed by atoms with Gasteiger partial charge in [0.05, 0.1) is 5.01 Å². The Labute approximate surface area is 119 Å². The molecule has 0 spiro atoms. The van der Waals surface area contributed by atoms with Crippen molar-refractivity contribution >= 4 is 23.2 Å². The Hall–Kier alpha value is -2.15. The van der Waals surface area contributed by atoms with E-state index in [1.54, 1.807) is 11.3 Å². The first-order valence-corrected chi connectivity index (χ1v) is 6.96. The molecule has 2 aromatic heterocycles. The Bertz CT molecular complexity index is 617. The highest BCUT2D eigenvalue weighted by molar-refractivity contribution is 7.11. The Morgan fingerprint density at radius 2 is 2.15 bits per heavy atom. The predicted octanol–water partition coefficient (Wildman–Crippen LogP) is 1.97. The molecule has 106 valence electrons. The standard InChI is InChI=1S/C13H14N2O4S/c1-2-8-7-15-11(20-8)5-6-14-12(16)9-3-4-10(19-9)13(17)18/h3-4,7H,2,5-6H2,1H3,(H,14,16)(H,17,18). The van der Waals surface area contributed by atoms with Crippen molar-refractivity contribution < 1.29 is 19.1 Å². The van der Waals surface area contributed by atoms with Crippen LogP contribution in [0.5, 0.6) is 0 Å². The number of furan rings is 1. The van der Waals surface area contributed by atoms with Crippen LogP contribution in [0.4, 0.5) is 0 Å². The molecule has 0 fully saturated rings. The summed E-state index contributed by atoms with van der Waals surface area (Å²) in [7, 11) is 0. The SMILES string of the molecule is CCc1cnc(CCNC(=O)c2ccc(C(=O)O)o2)s1. The summed E-state index contributed by atoms with van der Waals surface area (Å²) in [5, 5.41) is 12.3. The van der Waals surface area contributed by atoms with E-state index in [1.807, 2.05) is 6.20 Å². The Morgan fingerprint density at radius 1 is 1.40 bits per heavy atom. The minimum absolute atomic E-state index is 0.00390. The van der Waals surface area contributed by atoms with Crippen LogP contribution in [-0.2, 0) is 12.8 Å². The molecule has 0 saturated carbocycles. The molecule has 0 aliphatic carbocycles. The highest BCUT2D eigenvalue weighted by atomic mass is 32.1. The third-order valence-corrected chi connectivity index (χ3v) is 3.82. The number of rotatable bonds is 6. The maximum Gasteiger partial charge on any atom is 0.371 e. The van der Waals surface area contributed by atoms with Crippen LogP contribution in [0.15, 0.2) is 22.7 Å². The van der Waals surface area contributed by atoms with E-state index >= 15 is 0 Å². The molecule has 0 aliphatic rings. The number of nitrogens with one attached hydrogen (secondary N) is 1. The maximum atomic E-state index is 11.7. The van der Waals surface area contributed by atoms with Gasteiger partial charge in [0, 0.05) is 24.0 Å². The number of aromatic nitrogens is 1. The van der Waals surface area contributed by atoms with Crippen molar-refractivity contribution in [3.63, 3.8) is 0 Å². The Kier molecular flexibility index (Phi) is 4.52. The van der Waals surface area contributed by atoms with Crippen LogP contribution >= 0.6 is 11.3 Å². The highest BCUT2D eigenvalue weighted by Gasteiger charge is 2.14. The molecule has 2 rings (SSSR count). The minimum Gasteiger partial charge on any atom is -0.475 e. The Morgan fingerprint density at radius 3 is 2.75 bits per heavy atom. The van der Waals surface area contributed by atoms with Crippen LogP contribution in [-0.4, -0.2) is 28.5 Å². The molecule has 7 heteroatoms. The fourth-order valence-electron chi connectivity index (χ4n) is 1.57. The van der Waals surface area contributed by atoms with E-state index in [2.05, 4.69) is 17.2 Å². The zero-order chi connectivity index (χ0) is 14.5. The largest absolute Gasteiger partial charge is 0.475 e. The van der Waals surface area contributed by atoms with Crippen molar-refractivity contribution in [2.24, 2.45) is 0 Å². The number of carbonyl (C=O) groups is 2. The molecular formula is C13H14N2O4S. The average molecular weight is 294 g/mol. The van der Waals surface area contributed by atoms with Gasteiger partial charge in [0.15, 0.2) is 5.76 Å². The van der Waals surface area contributed by atoms with Gasteiger partial charge in [-0.1, -0.05) is 6.92 Å². The third kappa shape index (κ3) is 3.45. The number of nitrogens with zero attached hydrogens (tertiary/aromatic N) is 1. The molecule has 2 N–H and O–H groups in total. The lowest BCUT2D eigenvalue weighted by atomic mass is 10.4. The van der Waals surface area contributed by atoms with Gasteiger partial charge in [-0.25, -0.2) is 9.78 Å². The number of amides is 1. The predicted molar refractivity (Wildman–Crippen MR) is 73.2 cm³/mol. The summed E-state index contributed by atoms with van der Waals surface area (Å²) in [6, 6.07) is 2.60. The topological polar surface area (TPSA) is 92.4 Å². The summed E-state index contributed by atoms with van der Waals surface area (Å²) in [5.74, 6) is -1.87. The molecule has 0 unspecified atom stereocenters. The van der Waals surface area contributed by atoms with E-state index < -0.39 is 11.9 Å². The second-order valence-electron chi connectivity index (χ2n) is 4.05. The van der Waals surface area contributed by atoms with Gasteiger partial charge in [0.2, 0.25) is 5.76 Å². The van der Waals surface area contributed by atoms with Crippen molar-refractivity contribution in [1.82, 2.24) is 10.3 Å². The van der Waals surface area contributed by atoms with Gasteiger partial charge in [-0.05, 0) is 18.6 Å². The van der Waals surface area contributed by atoms with Crippen molar-refractivity contribution in [3.05, 3.63) is 39.7 Å². The number of hydrogen-bond donors (Lipinski definition) is 2. The van der Waals surface area contributed by atoms with Crippen LogP contribution in [0.25, 0.3) is 0 Å². The normalized spacial score (nSPS) is 10.4. The van der Waals surface area contributed by atoms with Gasteiger partial charge >= 0.3 is 5.97 Å². The zero-order valence-corrected chi connectivity index (χ0v) is 11.7. The van der Waals surface area contributed by atoms with Crippen LogP contribution in [0.2, 0.25) is 0 Å². The molecule has 6 nitrogen and oxygen atoms in total. The van der Waals surface area contributed by atoms with Crippen molar-refractivity contribution in [2.75, 3.05) is 6.54 Å². The monoisotopic (exact) mass is 294 g/mol. The quantitative estimate of drug-likeness (QED) is 0.849. The van der Waals surface area contributed by atoms with Crippen LogP contribution < -0.4 is 5.32 Å². The number of carboxylic acids is 1. The van der Waals surface area contributed by atoms with Gasteiger partial charge in [0.25, 0.3) is 5.91 Å². The molecule has 0 radical (unpaired) electrons. The fraction of sp³-hybridized carbons (Fsp3) is 0.308. The smallest absolute Gasteiger partial charge is 0.371 e. The molecule has 20 heavy (non-hydrogen) atoms. The zero-order valence-electron chi connectivity index (χ0n) is 10.9. The Balaban J connectivity index is 1.83. The summed E-state index contributed by atoms with van der Waals surface area (Å²) in [6.45, 7) is 2.49. The number of hydrogen-bond acceptors (Lipinski definition) is 5. The van der Waals surface area contributed by atoms with E-state index in [9.17, 15) is 9.59 Å². The summed E-state index contributed by atoms with van der Waals surface area (Å²) in [4.78, 5) is 27.8. The first-order chi connectivity index (χ1) is 9.60. The lowest BCUT2D eigenvalue weighted by molar-refractivity contribution is 0.0659. The van der Waals surface area contributed by atoms with Gasteiger partial charge in [-0.3, -0.25) is 4.79 Å². The molecule has 0 aliphatic heterocycles. The summed E-state index contributed by atoms with van der Waals surface area (Å²) in [6.07, 6.45) is 3.44. The molecule has 0 saturated heterocycles. The minimum atomic E-state index is -1.20. The summed E-state index contributed by atoms with van der Waals surface area (Å²) >= 11 is 1.62. The van der Waals surface area contributed by atoms with Crippen LogP contribution in [0, 0.1) is 0 Å². The van der Waals surface area contributed by atoms with Gasteiger partial charge < -0.3 is 14.8 Å². The summed E-state index contributed by atoms with van der Waals surface area (Å²) < 4.78 is 4.91. The van der Waals surface area contributed by atoms with Gasteiger partial charge in [-0.15, -0.1) is 11.3 Å². The number of aromatic carboxylic acids is 1. The lowest BCUT2D eigenvalue weighted by Crippen LogP contribution is -2.25. The average Bonchev–Trinajstić information content (AvgIpc) is 3.07. The molecule has 2 aromatic rings. The molecule has 1 amide bonds. The highest BCUT2D eigenvalue weighted by Crippen LogP contribution is 2.13.